The van der Waals surface area contributed by atoms with Crippen molar-refractivity contribution in [3.8, 4) is 0 Å². The molecule has 5 nitrogen and oxygen atoms in total. The summed E-state index contributed by atoms with van der Waals surface area (Å²) in [6.45, 7) is 1.24. The molecular weight excluding hydrogens is 244 g/mol. The van der Waals surface area contributed by atoms with Gasteiger partial charge in [0.25, 0.3) is 0 Å². The van der Waals surface area contributed by atoms with Crippen LogP contribution in [0.1, 0.15) is 18.4 Å². The normalized spacial score (nSPS) is 23.0. The number of hydroxylamine groups is 1. The van der Waals surface area contributed by atoms with Gasteiger partial charge >= 0.3 is 5.97 Å². The first-order valence-corrected chi connectivity index (χ1v) is 6.52. The van der Waals surface area contributed by atoms with Crippen LogP contribution in [0.25, 0.3) is 0 Å². The Hall–Kier alpha value is -1.43. The molecular formula is C14H20N2O3. The Balaban J connectivity index is 1.65. The highest BCUT2D eigenvalue weighted by Crippen LogP contribution is 2.10. The van der Waals surface area contributed by atoms with Gasteiger partial charge < -0.3 is 10.1 Å². The zero-order valence-corrected chi connectivity index (χ0v) is 11.1. The lowest BCUT2D eigenvalue weighted by atomic mass is 10.0. The van der Waals surface area contributed by atoms with Crippen LogP contribution >= 0.6 is 0 Å². The van der Waals surface area contributed by atoms with E-state index in [1.165, 1.54) is 7.11 Å². The number of carbonyl (C=O) groups excluding carboxylic acids is 1. The van der Waals surface area contributed by atoms with Gasteiger partial charge in [-0.05, 0) is 18.4 Å². The Morgan fingerprint density at radius 1 is 1.37 bits per heavy atom. The molecule has 0 bridgehead atoms. The van der Waals surface area contributed by atoms with Gasteiger partial charge in [0.15, 0.2) is 0 Å². The second kappa shape index (κ2) is 7.23. The van der Waals surface area contributed by atoms with Crippen LogP contribution < -0.4 is 10.8 Å². The maximum absolute atomic E-state index is 11.3. The molecule has 0 unspecified atom stereocenters. The third kappa shape index (κ3) is 4.31. The van der Waals surface area contributed by atoms with Crippen molar-refractivity contribution >= 4 is 5.97 Å². The van der Waals surface area contributed by atoms with E-state index in [4.69, 9.17) is 9.57 Å². The summed E-state index contributed by atoms with van der Waals surface area (Å²) in [5.74, 6) is -0.191. The Labute approximate surface area is 113 Å². The fourth-order valence-corrected chi connectivity index (χ4v) is 2.12. The predicted octanol–water partition coefficient (Wildman–Crippen LogP) is 1.00. The first kappa shape index (κ1) is 14.0. The lowest BCUT2D eigenvalue weighted by molar-refractivity contribution is -0.144. The van der Waals surface area contributed by atoms with Gasteiger partial charge in [-0.1, -0.05) is 30.3 Å². The van der Waals surface area contributed by atoms with Crippen LogP contribution in [0.3, 0.4) is 0 Å². The molecule has 2 N–H and O–H groups in total. The average molecular weight is 264 g/mol. The summed E-state index contributed by atoms with van der Waals surface area (Å²) in [5, 5.41) is 3.15. The maximum Gasteiger partial charge on any atom is 0.322 e. The molecule has 5 heteroatoms. The number of ether oxygens (including phenoxy) is 1. The first-order chi connectivity index (χ1) is 9.29. The second-order valence-corrected chi connectivity index (χ2v) is 4.65. The molecule has 1 saturated heterocycles. The van der Waals surface area contributed by atoms with Gasteiger partial charge in [-0.15, -0.1) is 0 Å². The van der Waals surface area contributed by atoms with Gasteiger partial charge in [-0.3, -0.25) is 9.63 Å². The van der Waals surface area contributed by atoms with Crippen LogP contribution in [0.4, 0.5) is 0 Å². The summed E-state index contributed by atoms with van der Waals surface area (Å²) >= 11 is 0. The fraction of sp³-hybridized carbons (Fsp3) is 0.500. The van der Waals surface area contributed by atoms with Crippen LogP contribution in [-0.4, -0.2) is 31.7 Å². The molecule has 2 rings (SSSR count). The minimum atomic E-state index is -0.191. The SMILES string of the molecule is COC(=O)[C@@H]1CC[C@@H](NOCc2ccccc2)CN1. The van der Waals surface area contributed by atoms with Gasteiger partial charge in [0.2, 0.25) is 0 Å². The van der Waals surface area contributed by atoms with Crippen LogP contribution in [0.15, 0.2) is 30.3 Å². The van der Waals surface area contributed by atoms with E-state index in [0.29, 0.717) is 13.2 Å². The Morgan fingerprint density at radius 2 is 2.16 bits per heavy atom. The van der Waals surface area contributed by atoms with E-state index in [-0.39, 0.29) is 18.1 Å². The molecule has 0 aliphatic carbocycles. The molecule has 0 spiro atoms. The molecule has 0 aromatic heterocycles. The fourth-order valence-electron chi connectivity index (χ4n) is 2.12. The molecule has 1 aromatic carbocycles. The van der Waals surface area contributed by atoms with Crippen molar-refractivity contribution in [1.82, 2.24) is 10.8 Å². The molecule has 1 aliphatic rings. The number of hydrogen-bond acceptors (Lipinski definition) is 5. The third-order valence-electron chi connectivity index (χ3n) is 3.23. The summed E-state index contributed by atoms with van der Waals surface area (Å²) in [6, 6.07) is 10.0. The maximum atomic E-state index is 11.3. The van der Waals surface area contributed by atoms with E-state index < -0.39 is 0 Å². The molecule has 19 heavy (non-hydrogen) atoms. The zero-order chi connectivity index (χ0) is 13.5. The number of benzene rings is 1. The molecule has 2 atom stereocenters. The lowest BCUT2D eigenvalue weighted by Crippen LogP contribution is -2.50. The van der Waals surface area contributed by atoms with E-state index in [1.807, 2.05) is 30.3 Å². The topological polar surface area (TPSA) is 59.6 Å². The first-order valence-electron chi connectivity index (χ1n) is 6.52. The number of hydrogen-bond donors (Lipinski definition) is 2. The lowest BCUT2D eigenvalue weighted by Gasteiger charge is -2.28. The molecule has 0 saturated carbocycles. The minimum absolute atomic E-state index is 0.183. The van der Waals surface area contributed by atoms with E-state index in [0.717, 1.165) is 18.4 Å². The molecule has 0 amide bonds. The highest BCUT2D eigenvalue weighted by molar-refractivity contribution is 5.75. The number of nitrogens with one attached hydrogen (secondary N) is 2. The van der Waals surface area contributed by atoms with Crippen LogP contribution in [0, 0.1) is 0 Å². The van der Waals surface area contributed by atoms with Gasteiger partial charge in [-0.25, -0.2) is 0 Å². The quantitative estimate of drug-likeness (QED) is 0.614. The molecule has 1 aromatic rings. The number of rotatable bonds is 5. The van der Waals surface area contributed by atoms with Crippen LogP contribution in [0.2, 0.25) is 0 Å². The molecule has 1 fully saturated rings. The predicted molar refractivity (Wildman–Crippen MR) is 71.2 cm³/mol. The number of methoxy groups -OCH3 is 1. The summed E-state index contributed by atoms with van der Waals surface area (Å²) < 4.78 is 4.71. The van der Waals surface area contributed by atoms with Crippen molar-refractivity contribution in [2.45, 2.75) is 31.5 Å². The minimum Gasteiger partial charge on any atom is -0.468 e. The number of carbonyl (C=O) groups is 1. The molecule has 104 valence electrons. The van der Waals surface area contributed by atoms with Gasteiger partial charge in [-0.2, -0.15) is 5.48 Å². The van der Waals surface area contributed by atoms with Crippen molar-refractivity contribution in [2.75, 3.05) is 13.7 Å². The standard InChI is InChI=1S/C14H20N2O3/c1-18-14(17)13-8-7-12(9-15-13)16-19-10-11-5-3-2-4-6-11/h2-6,12-13,15-16H,7-10H2,1H3/t12-,13+/m1/s1. The zero-order valence-electron chi connectivity index (χ0n) is 11.1. The molecule has 1 heterocycles. The highest BCUT2D eigenvalue weighted by atomic mass is 16.6. The second-order valence-electron chi connectivity index (χ2n) is 4.65. The number of esters is 1. The van der Waals surface area contributed by atoms with Gasteiger partial charge in [0.1, 0.15) is 6.04 Å². The van der Waals surface area contributed by atoms with E-state index in [9.17, 15) is 4.79 Å². The van der Waals surface area contributed by atoms with Crippen molar-refractivity contribution in [3.63, 3.8) is 0 Å². The highest BCUT2D eigenvalue weighted by Gasteiger charge is 2.26. The number of piperidine rings is 1. The molecule has 1 aliphatic heterocycles. The van der Waals surface area contributed by atoms with E-state index in [2.05, 4.69) is 10.8 Å². The van der Waals surface area contributed by atoms with Crippen LogP contribution in [0.5, 0.6) is 0 Å². The summed E-state index contributed by atoms with van der Waals surface area (Å²) in [4.78, 5) is 16.8. The summed E-state index contributed by atoms with van der Waals surface area (Å²) in [7, 11) is 1.41. The Bertz CT molecular complexity index is 389. The third-order valence-corrected chi connectivity index (χ3v) is 3.23. The smallest absolute Gasteiger partial charge is 0.322 e. The Morgan fingerprint density at radius 3 is 2.79 bits per heavy atom. The van der Waals surface area contributed by atoms with Gasteiger partial charge in [0, 0.05) is 12.6 Å². The van der Waals surface area contributed by atoms with Crippen molar-refractivity contribution in [1.29, 1.82) is 0 Å². The van der Waals surface area contributed by atoms with E-state index >= 15 is 0 Å². The van der Waals surface area contributed by atoms with Gasteiger partial charge in [0.05, 0.1) is 13.7 Å². The average Bonchev–Trinajstić information content (AvgIpc) is 2.48. The largest absolute Gasteiger partial charge is 0.468 e. The van der Waals surface area contributed by atoms with Crippen molar-refractivity contribution < 1.29 is 14.4 Å². The Kier molecular flexibility index (Phi) is 5.32. The monoisotopic (exact) mass is 264 g/mol. The summed E-state index contributed by atoms with van der Waals surface area (Å²) in [6.07, 6.45) is 1.65. The van der Waals surface area contributed by atoms with Crippen molar-refractivity contribution in [2.24, 2.45) is 0 Å². The molecule has 0 radical (unpaired) electrons. The van der Waals surface area contributed by atoms with Crippen LogP contribution in [-0.2, 0) is 21.0 Å². The van der Waals surface area contributed by atoms with E-state index in [1.54, 1.807) is 0 Å². The summed E-state index contributed by atoms with van der Waals surface area (Å²) in [5.41, 5.74) is 4.16. The van der Waals surface area contributed by atoms with Crippen molar-refractivity contribution in [3.05, 3.63) is 35.9 Å².